The van der Waals surface area contributed by atoms with Crippen LogP contribution < -0.4 is 4.90 Å². The Morgan fingerprint density at radius 1 is 1.04 bits per heavy atom. The van der Waals surface area contributed by atoms with Crippen LogP contribution in [-0.2, 0) is 12.8 Å². The molecule has 1 heterocycles. The van der Waals surface area contributed by atoms with Gasteiger partial charge in [-0.05, 0) is 75.2 Å². The first-order valence-corrected chi connectivity index (χ1v) is 11.0. The summed E-state index contributed by atoms with van der Waals surface area (Å²) >= 11 is 0. The molecule has 4 heteroatoms. The average Bonchev–Trinajstić information content (AvgIpc) is 3.13. The van der Waals surface area contributed by atoms with E-state index in [4.69, 9.17) is 0 Å². The number of nitrogens with zero attached hydrogens (tertiary/aromatic N) is 2. The van der Waals surface area contributed by atoms with E-state index < -0.39 is 0 Å². The zero-order valence-corrected chi connectivity index (χ0v) is 17.3. The maximum absolute atomic E-state index is 10.2. The highest BCUT2D eigenvalue weighted by Gasteiger charge is 2.31. The molecular formula is C24H33BN2O. The van der Waals surface area contributed by atoms with Crippen molar-refractivity contribution in [3.05, 3.63) is 65.2 Å². The molecule has 1 fully saturated rings. The van der Waals surface area contributed by atoms with E-state index in [0.29, 0.717) is 12.1 Å². The topological polar surface area (TPSA) is 26.7 Å². The van der Waals surface area contributed by atoms with Crippen molar-refractivity contribution in [2.75, 3.05) is 18.0 Å². The van der Waals surface area contributed by atoms with Crippen LogP contribution in [0.1, 0.15) is 42.4 Å². The molecular weight excluding hydrogens is 343 g/mol. The Hall–Kier alpha value is -1.78. The van der Waals surface area contributed by atoms with Crippen molar-refractivity contribution in [2.24, 2.45) is 0 Å². The van der Waals surface area contributed by atoms with Gasteiger partial charge in [0.25, 0.3) is 0 Å². The summed E-state index contributed by atoms with van der Waals surface area (Å²) in [6, 6.07) is 18.8. The molecule has 0 bridgehead atoms. The number of anilines is 1. The normalized spacial score (nSPS) is 20.2. The number of fused-ring (bicyclic) bond motifs is 1. The second kappa shape index (κ2) is 8.71. The molecule has 1 N–H and O–H groups in total. The van der Waals surface area contributed by atoms with Gasteiger partial charge >= 0.3 is 7.05 Å². The number of hydrogen-bond donors (Lipinski definition) is 1. The third-order valence-corrected chi connectivity index (χ3v) is 6.75. The van der Waals surface area contributed by atoms with E-state index in [9.17, 15) is 5.02 Å². The van der Waals surface area contributed by atoms with Crippen LogP contribution in [0.5, 0.6) is 0 Å². The van der Waals surface area contributed by atoms with Crippen LogP contribution in [0.2, 0.25) is 6.82 Å². The van der Waals surface area contributed by atoms with Crippen molar-refractivity contribution in [2.45, 2.75) is 64.4 Å². The fourth-order valence-electron chi connectivity index (χ4n) is 5.25. The smallest absolute Gasteiger partial charge is 0.376 e. The molecule has 28 heavy (non-hydrogen) atoms. The zero-order chi connectivity index (χ0) is 19.5. The number of aryl methyl sites for hydroxylation is 1. The molecule has 2 aliphatic rings. The number of hydrogen-bond acceptors (Lipinski definition) is 3. The number of benzene rings is 2. The quantitative estimate of drug-likeness (QED) is 0.761. The maximum Gasteiger partial charge on any atom is 0.376 e. The minimum absolute atomic E-state index is 0.340. The molecule has 4 rings (SSSR count). The first-order chi connectivity index (χ1) is 13.6. The second-order valence-corrected chi connectivity index (χ2v) is 8.62. The van der Waals surface area contributed by atoms with Gasteiger partial charge < -0.3 is 14.7 Å². The molecule has 1 unspecified atom stereocenters. The lowest BCUT2D eigenvalue weighted by Crippen LogP contribution is -2.49. The Bertz CT molecular complexity index is 769. The number of para-hydroxylation sites is 1. The maximum atomic E-state index is 10.2. The second-order valence-electron chi connectivity index (χ2n) is 8.62. The summed E-state index contributed by atoms with van der Waals surface area (Å²) in [6.45, 7) is 6.23. The van der Waals surface area contributed by atoms with E-state index in [1.54, 1.807) is 0 Å². The highest BCUT2D eigenvalue weighted by Crippen LogP contribution is 2.32. The lowest BCUT2D eigenvalue weighted by atomic mass is 9.79. The number of rotatable bonds is 6. The third-order valence-electron chi connectivity index (χ3n) is 6.75. The van der Waals surface area contributed by atoms with Crippen molar-refractivity contribution in [3.63, 3.8) is 0 Å². The molecule has 0 spiro atoms. The van der Waals surface area contributed by atoms with Crippen LogP contribution >= 0.6 is 0 Å². The van der Waals surface area contributed by atoms with Gasteiger partial charge in [0, 0.05) is 24.3 Å². The molecule has 1 aliphatic carbocycles. The monoisotopic (exact) mass is 376 g/mol. The summed E-state index contributed by atoms with van der Waals surface area (Å²) in [5, 5.41) is 10.2. The SMILES string of the molecule is CB(O)N1CCCCC1CCN(c1ccccc1C)C1Cc2ccccc2C1. The molecule has 0 amide bonds. The minimum Gasteiger partial charge on any atom is -0.437 e. The summed E-state index contributed by atoms with van der Waals surface area (Å²) < 4.78 is 0. The van der Waals surface area contributed by atoms with Gasteiger partial charge in [-0.1, -0.05) is 48.9 Å². The predicted octanol–water partition coefficient (Wildman–Crippen LogP) is 4.32. The number of piperidine rings is 1. The van der Waals surface area contributed by atoms with Crippen molar-refractivity contribution in [1.82, 2.24) is 4.81 Å². The van der Waals surface area contributed by atoms with Crippen LogP contribution in [0, 0.1) is 6.92 Å². The molecule has 0 saturated carbocycles. The summed E-state index contributed by atoms with van der Waals surface area (Å²) in [7, 11) is -0.340. The zero-order valence-electron chi connectivity index (χ0n) is 17.3. The van der Waals surface area contributed by atoms with Gasteiger partial charge in [0.2, 0.25) is 0 Å². The highest BCUT2D eigenvalue weighted by molar-refractivity contribution is 6.45. The molecule has 148 valence electrons. The van der Waals surface area contributed by atoms with Crippen molar-refractivity contribution in [1.29, 1.82) is 0 Å². The molecule has 3 nitrogen and oxygen atoms in total. The molecule has 2 aromatic rings. The predicted molar refractivity (Wildman–Crippen MR) is 119 cm³/mol. The van der Waals surface area contributed by atoms with Gasteiger partial charge in [-0.25, -0.2) is 0 Å². The fraction of sp³-hybridized carbons (Fsp3) is 0.500. The Kier molecular flexibility index (Phi) is 6.08. The molecule has 1 aliphatic heterocycles. The largest absolute Gasteiger partial charge is 0.437 e. The third kappa shape index (κ3) is 4.13. The Labute approximate surface area is 170 Å². The first kappa shape index (κ1) is 19.5. The van der Waals surface area contributed by atoms with Gasteiger partial charge in [-0.2, -0.15) is 0 Å². The molecule has 2 aromatic carbocycles. The summed E-state index contributed by atoms with van der Waals surface area (Å²) in [5.74, 6) is 0. The molecule has 0 aromatic heterocycles. The van der Waals surface area contributed by atoms with Crippen molar-refractivity contribution < 1.29 is 5.02 Å². The minimum atomic E-state index is -0.340. The summed E-state index contributed by atoms with van der Waals surface area (Å²) in [5.41, 5.74) is 5.75. The van der Waals surface area contributed by atoms with Gasteiger partial charge in [0.05, 0.1) is 0 Å². The average molecular weight is 376 g/mol. The lowest BCUT2D eigenvalue weighted by Gasteiger charge is -2.39. The Morgan fingerprint density at radius 2 is 1.71 bits per heavy atom. The lowest BCUT2D eigenvalue weighted by molar-refractivity contribution is 0.215. The molecule has 0 radical (unpaired) electrons. The van der Waals surface area contributed by atoms with E-state index in [1.807, 2.05) is 6.82 Å². The van der Waals surface area contributed by atoms with E-state index in [0.717, 1.165) is 32.4 Å². The van der Waals surface area contributed by atoms with Crippen LogP contribution in [0.25, 0.3) is 0 Å². The molecule has 1 atom stereocenters. The van der Waals surface area contributed by atoms with Gasteiger partial charge in [0.15, 0.2) is 0 Å². The van der Waals surface area contributed by atoms with Crippen LogP contribution in [0.15, 0.2) is 48.5 Å². The van der Waals surface area contributed by atoms with E-state index >= 15 is 0 Å². The van der Waals surface area contributed by atoms with E-state index in [2.05, 4.69) is 65.2 Å². The van der Waals surface area contributed by atoms with Gasteiger partial charge in [-0.15, -0.1) is 0 Å². The van der Waals surface area contributed by atoms with Crippen molar-refractivity contribution in [3.8, 4) is 0 Å². The van der Waals surface area contributed by atoms with Crippen LogP contribution in [0.4, 0.5) is 5.69 Å². The Morgan fingerprint density at radius 3 is 2.39 bits per heavy atom. The van der Waals surface area contributed by atoms with Crippen LogP contribution in [0.3, 0.4) is 0 Å². The van der Waals surface area contributed by atoms with E-state index in [-0.39, 0.29) is 7.05 Å². The summed E-state index contributed by atoms with van der Waals surface area (Å²) in [6.07, 6.45) is 7.09. The van der Waals surface area contributed by atoms with E-state index in [1.165, 1.54) is 41.6 Å². The standard InChI is InChI=1S/C24H33BN2O/c1-19-9-3-6-13-24(19)26(23-17-20-10-4-5-11-21(20)18-23)16-14-22-12-7-8-15-27(22)25(2)28/h3-6,9-11,13,22-23,28H,7-8,12,14-18H2,1-2H3. The van der Waals surface area contributed by atoms with Gasteiger partial charge in [0.1, 0.15) is 0 Å². The van der Waals surface area contributed by atoms with Crippen molar-refractivity contribution >= 4 is 12.7 Å². The summed E-state index contributed by atoms with van der Waals surface area (Å²) in [4.78, 5) is 4.97. The highest BCUT2D eigenvalue weighted by atomic mass is 16.2. The molecule has 1 saturated heterocycles. The van der Waals surface area contributed by atoms with Gasteiger partial charge in [-0.3, -0.25) is 0 Å². The Balaban J connectivity index is 1.54. The first-order valence-electron chi connectivity index (χ1n) is 11.0. The van der Waals surface area contributed by atoms with Crippen LogP contribution in [-0.4, -0.2) is 42.1 Å². The fourth-order valence-corrected chi connectivity index (χ4v) is 5.25.